The lowest BCUT2D eigenvalue weighted by Gasteiger charge is -2.19. The van der Waals surface area contributed by atoms with Crippen LogP contribution in [-0.4, -0.2) is 36.1 Å². The molecule has 0 radical (unpaired) electrons. The van der Waals surface area contributed by atoms with Gasteiger partial charge in [-0.2, -0.15) is 0 Å². The second-order valence-electron chi connectivity index (χ2n) is 4.82. The predicted octanol–water partition coefficient (Wildman–Crippen LogP) is 2.42. The lowest BCUT2D eigenvalue weighted by Crippen LogP contribution is -2.32. The summed E-state index contributed by atoms with van der Waals surface area (Å²) in [5, 5.41) is 6.81. The first-order chi connectivity index (χ1) is 8.34. The van der Waals surface area contributed by atoms with E-state index in [-0.39, 0.29) is 0 Å². The zero-order valence-electron chi connectivity index (χ0n) is 10.7. The third-order valence-corrected chi connectivity index (χ3v) is 4.21. The third kappa shape index (κ3) is 4.74. The Morgan fingerprint density at radius 2 is 2.06 bits per heavy atom. The predicted molar refractivity (Wildman–Crippen MR) is 73.5 cm³/mol. The molecule has 2 rings (SSSR count). The van der Waals surface area contributed by atoms with E-state index >= 15 is 0 Å². The average Bonchev–Trinajstić information content (AvgIpc) is 2.59. The van der Waals surface area contributed by atoms with Crippen LogP contribution in [0.1, 0.15) is 36.4 Å². The summed E-state index contributed by atoms with van der Waals surface area (Å²) in [5.41, 5.74) is 1.14. The molecule has 0 atom stereocenters. The van der Waals surface area contributed by atoms with Crippen molar-refractivity contribution in [2.45, 2.75) is 39.2 Å². The van der Waals surface area contributed by atoms with Gasteiger partial charge in [-0.25, -0.2) is 4.98 Å². The van der Waals surface area contributed by atoms with Crippen molar-refractivity contribution in [1.82, 2.24) is 15.2 Å². The van der Waals surface area contributed by atoms with E-state index in [2.05, 4.69) is 27.5 Å². The molecule has 1 saturated heterocycles. The van der Waals surface area contributed by atoms with Crippen molar-refractivity contribution in [3.63, 3.8) is 0 Å². The molecule has 1 N–H and O–H groups in total. The first-order valence-corrected chi connectivity index (χ1v) is 7.56. The lowest BCUT2D eigenvalue weighted by atomic mass is 10.2. The number of nitrogens with one attached hydrogen (secondary N) is 1. The molecule has 1 fully saturated rings. The summed E-state index contributed by atoms with van der Waals surface area (Å²) in [4.78, 5) is 7.04. The number of hydrogen-bond donors (Lipinski definition) is 1. The largest absolute Gasteiger partial charge is 0.309 e. The van der Waals surface area contributed by atoms with Gasteiger partial charge in [0.1, 0.15) is 5.01 Å². The van der Waals surface area contributed by atoms with Gasteiger partial charge in [0.05, 0.1) is 0 Å². The van der Waals surface area contributed by atoms with E-state index in [9.17, 15) is 0 Å². The zero-order chi connectivity index (χ0) is 11.9. The number of hydrogen-bond acceptors (Lipinski definition) is 4. The monoisotopic (exact) mass is 253 g/mol. The molecule has 0 amide bonds. The molecule has 0 aromatic carbocycles. The van der Waals surface area contributed by atoms with Crippen molar-refractivity contribution in [1.29, 1.82) is 0 Å². The minimum Gasteiger partial charge on any atom is -0.309 e. The molecule has 4 heteroatoms. The van der Waals surface area contributed by atoms with Crippen LogP contribution in [0.25, 0.3) is 0 Å². The molecule has 1 aliphatic heterocycles. The van der Waals surface area contributed by atoms with E-state index in [0.717, 1.165) is 18.8 Å². The molecule has 3 nitrogen and oxygen atoms in total. The normalized spacial score (nSPS) is 18.2. The Balaban J connectivity index is 1.59. The van der Waals surface area contributed by atoms with Gasteiger partial charge in [0.15, 0.2) is 0 Å². The summed E-state index contributed by atoms with van der Waals surface area (Å²) in [7, 11) is 0. The van der Waals surface area contributed by atoms with Crippen LogP contribution in [0.15, 0.2) is 5.38 Å². The molecule has 1 aromatic heterocycles. The first kappa shape index (κ1) is 13.0. The molecule has 0 saturated carbocycles. The summed E-state index contributed by atoms with van der Waals surface area (Å²) in [5.74, 6) is 0. The van der Waals surface area contributed by atoms with E-state index in [1.165, 1.54) is 50.3 Å². The van der Waals surface area contributed by atoms with Gasteiger partial charge in [-0.1, -0.05) is 12.8 Å². The minimum absolute atomic E-state index is 0.923. The van der Waals surface area contributed by atoms with E-state index in [1.807, 2.05) is 0 Å². The third-order valence-electron chi connectivity index (χ3n) is 3.25. The summed E-state index contributed by atoms with van der Waals surface area (Å²) in [6.07, 6.45) is 5.60. The van der Waals surface area contributed by atoms with Gasteiger partial charge < -0.3 is 10.2 Å². The van der Waals surface area contributed by atoms with Crippen LogP contribution in [0, 0.1) is 6.92 Å². The standard InChI is InChI=1S/C13H23N3S/c1-12-11-17-13(15-12)10-14-6-9-16-7-4-2-3-5-8-16/h11,14H,2-10H2,1H3. The van der Waals surface area contributed by atoms with Gasteiger partial charge >= 0.3 is 0 Å². The highest BCUT2D eigenvalue weighted by Gasteiger charge is 2.07. The Hall–Kier alpha value is -0.450. The highest BCUT2D eigenvalue weighted by Crippen LogP contribution is 2.09. The lowest BCUT2D eigenvalue weighted by molar-refractivity contribution is 0.284. The average molecular weight is 253 g/mol. The molecule has 96 valence electrons. The summed E-state index contributed by atoms with van der Waals surface area (Å²) >= 11 is 1.75. The van der Waals surface area contributed by atoms with Crippen LogP contribution in [-0.2, 0) is 6.54 Å². The van der Waals surface area contributed by atoms with E-state index in [0.29, 0.717) is 0 Å². The van der Waals surface area contributed by atoms with Crippen LogP contribution in [0.4, 0.5) is 0 Å². The van der Waals surface area contributed by atoms with E-state index in [4.69, 9.17) is 0 Å². The van der Waals surface area contributed by atoms with E-state index in [1.54, 1.807) is 11.3 Å². The van der Waals surface area contributed by atoms with Gasteiger partial charge in [0.2, 0.25) is 0 Å². The van der Waals surface area contributed by atoms with E-state index < -0.39 is 0 Å². The smallest absolute Gasteiger partial charge is 0.107 e. The molecular weight excluding hydrogens is 230 g/mol. The van der Waals surface area contributed by atoms with Crippen molar-refractivity contribution >= 4 is 11.3 Å². The molecule has 17 heavy (non-hydrogen) atoms. The molecule has 0 spiro atoms. The Morgan fingerprint density at radius 3 is 2.71 bits per heavy atom. The summed E-state index contributed by atoms with van der Waals surface area (Å²) in [6.45, 7) is 7.82. The Kier molecular flexibility index (Phi) is 5.42. The van der Waals surface area contributed by atoms with Gasteiger partial charge in [-0.05, 0) is 32.9 Å². The molecule has 0 aliphatic carbocycles. The fraction of sp³-hybridized carbons (Fsp3) is 0.769. The van der Waals surface area contributed by atoms with Crippen LogP contribution in [0.5, 0.6) is 0 Å². The molecule has 0 unspecified atom stereocenters. The summed E-state index contributed by atoms with van der Waals surface area (Å²) in [6, 6.07) is 0. The van der Waals surface area contributed by atoms with Crippen LogP contribution < -0.4 is 5.32 Å². The second-order valence-corrected chi connectivity index (χ2v) is 5.76. The maximum atomic E-state index is 4.45. The van der Waals surface area contributed by atoms with Crippen molar-refractivity contribution < 1.29 is 0 Å². The van der Waals surface area contributed by atoms with Gasteiger partial charge in [0, 0.05) is 30.7 Å². The summed E-state index contributed by atoms with van der Waals surface area (Å²) < 4.78 is 0. The highest BCUT2D eigenvalue weighted by atomic mass is 32.1. The fourth-order valence-corrected chi connectivity index (χ4v) is 3.02. The number of likely N-dealkylation sites (tertiary alicyclic amines) is 1. The minimum atomic E-state index is 0.923. The quantitative estimate of drug-likeness (QED) is 0.817. The van der Waals surface area contributed by atoms with Crippen molar-refractivity contribution in [2.75, 3.05) is 26.2 Å². The molecule has 1 aromatic rings. The number of aryl methyl sites for hydroxylation is 1. The zero-order valence-corrected chi connectivity index (χ0v) is 11.6. The number of thiazole rings is 1. The second kappa shape index (κ2) is 7.09. The number of rotatable bonds is 5. The first-order valence-electron chi connectivity index (χ1n) is 6.69. The molecule has 1 aliphatic rings. The molecule has 0 bridgehead atoms. The Bertz CT molecular complexity index is 316. The molecule has 2 heterocycles. The van der Waals surface area contributed by atoms with Gasteiger partial charge in [-0.3, -0.25) is 0 Å². The molecular formula is C13H23N3S. The van der Waals surface area contributed by atoms with Gasteiger partial charge in [0.25, 0.3) is 0 Å². The topological polar surface area (TPSA) is 28.2 Å². The van der Waals surface area contributed by atoms with Crippen molar-refractivity contribution in [2.24, 2.45) is 0 Å². The SMILES string of the molecule is Cc1csc(CNCCN2CCCCCC2)n1. The number of aromatic nitrogens is 1. The number of nitrogens with zero attached hydrogens (tertiary/aromatic N) is 2. The maximum absolute atomic E-state index is 4.45. The van der Waals surface area contributed by atoms with Crippen LogP contribution in [0.2, 0.25) is 0 Å². The van der Waals surface area contributed by atoms with Crippen LogP contribution in [0.3, 0.4) is 0 Å². The Morgan fingerprint density at radius 1 is 1.29 bits per heavy atom. The van der Waals surface area contributed by atoms with Crippen molar-refractivity contribution in [3.05, 3.63) is 16.1 Å². The highest BCUT2D eigenvalue weighted by molar-refractivity contribution is 7.09. The maximum Gasteiger partial charge on any atom is 0.107 e. The Labute approximate surface area is 108 Å². The van der Waals surface area contributed by atoms with Crippen molar-refractivity contribution in [3.8, 4) is 0 Å². The van der Waals surface area contributed by atoms with Gasteiger partial charge in [-0.15, -0.1) is 11.3 Å². The fourth-order valence-electron chi connectivity index (χ4n) is 2.28. The van der Waals surface area contributed by atoms with Crippen LogP contribution >= 0.6 is 11.3 Å².